The zero-order valence-corrected chi connectivity index (χ0v) is 11.5. The van der Waals surface area contributed by atoms with Crippen LogP contribution < -0.4 is 5.32 Å². The Bertz CT molecular complexity index is 487. The van der Waals surface area contributed by atoms with Gasteiger partial charge in [0.1, 0.15) is 0 Å². The largest absolute Gasteiger partial charge is 0.325 e. The number of piperidine rings is 1. The van der Waals surface area contributed by atoms with Gasteiger partial charge >= 0.3 is 0 Å². The summed E-state index contributed by atoms with van der Waals surface area (Å²) in [5.74, 6) is -0.0763. The van der Waals surface area contributed by atoms with E-state index in [9.17, 15) is 14.9 Å². The van der Waals surface area contributed by atoms with Crippen molar-refractivity contribution >= 4 is 17.3 Å². The zero-order valence-electron chi connectivity index (χ0n) is 11.5. The Balaban J connectivity index is 1.89. The molecule has 1 atom stereocenters. The first-order valence-corrected chi connectivity index (χ1v) is 6.84. The summed E-state index contributed by atoms with van der Waals surface area (Å²) >= 11 is 0. The summed E-state index contributed by atoms with van der Waals surface area (Å²) < 4.78 is 0. The Morgan fingerprint density at radius 1 is 1.40 bits per heavy atom. The SMILES string of the molecule is C[C@@H]1CCCCN1CC(=O)Nc1ccc([N+](=O)[O-])cc1. The van der Waals surface area contributed by atoms with E-state index in [2.05, 4.69) is 17.1 Å². The van der Waals surface area contributed by atoms with Gasteiger partial charge in [0.05, 0.1) is 11.5 Å². The van der Waals surface area contributed by atoms with E-state index in [4.69, 9.17) is 0 Å². The fraction of sp³-hybridized carbons (Fsp3) is 0.500. The average Bonchev–Trinajstić information content (AvgIpc) is 2.42. The summed E-state index contributed by atoms with van der Waals surface area (Å²) in [6, 6.07) is 6.32. The Morgan fingerprint density at radius 3 is 2.70 bits per heavy atom. The molecule has 108 valence electrons. The van der Waals surface area contributed by atoms with Gasteiger partial charge in [0.15, 0.2) is 0 Å². The molecule has 1 saturated heterocycles. The molecule has 1 aromatic rings. The number of amides is 1. The number of likely N-dealkylation sites (tertiary alicyclic amines) is 1. The molecule has 0 bridgehead atoms. The molecule has 1 aromatic carbocycles. The fourth-order valence-electron chi connectivity index (χ4n) is 2.44. The summed E-state index contributed by atoms with van der Waals surface area (Å²) in [6.45, 7) is 3.46. The Morgan fingerprint density at radius 2 is 2.10 bits per heavy atom. The van der Waals surface area contributed by atoms with Gasteiger partial charge in [0.2, 0.25) is 5.91 Å². The van der Waals surface area contributed by atoms with Crippen LogP contribution in [0.3, 0.4) is 0 Å². The lowest BCUT2D eigenvalue weighted by atomic mass is 10.0. The van der Waals surface area contributed by atoms with Crippen molar-refractivity contribution in [3.8, 4) is 0 Å². The number of nitrogens with zero attached hydrogens (tertiary/aromatic N) is 2. The van der Waals surface area contributed by atoms with Gasteiger partial charge in [-0.2, -0.15) is 0 Å². The molecule has 0 radical (unpaired) electrons. The lowest BCUT2D eigenvalue weighted by molar-refractivity contribution is -0.384. The van der Waals surface area contributed by atoms with E-state index in [1.54, 1.807) is 12.1 Å². The van der Waals surface area contributed by atoms with Crippen molar-refractivity contribution in [2.24, 2.45) is 0 Å². The highest BCUT2D eigenvalue weighted by atomic mass is 16.6. The van der Waals surface area contributed by atoms with Gasteiger partial charge < -0.3 is 5.32 Å². The van der Waals surface area contributed by atoms with Crippen molar-refractivity contribution in [2.75, 3.05) is 18.4 Å². The molecular weight excluding hydrogens is 258 g/mol. The number of nitro groups is 1. The highest BCUT2D eigenvalue weighted by molar-refractivity contribution is 5.92. The van der Waals surface area contributed by atoms with E-state index < -0.39 is 4.92 Å². The second-order valence-corrected chi connectivity index (χ2v) is 5.17. The third-order valence-electron chi connectivity index (χ3n) is 3.65. The molecule has 0 aromatic heterocycles. The van der Waals surface area contributed by atoms with E-state index >= 15 is 0 Å². The predicted molar refractivity (Wildman–Crippen MR) is 76.6 cm³/mol. The van der Waals surface area contributed by atoms with Crippen LogP contribution in [0.2, 0.25) is 0 Å². The van der Waals surface area contributed by atoms with Crippen LogP contribution in [0.5, 0.6) is 0 Å². The van der Waals surface area contributed by atoms with Gasteiger partial charge in [0.25, 0.3) is 5.69 Å². The lowest BCUT2D eigenvalue weighted by Gasteiger charge is -2.32. The molecule has 1 N–H and O–H groups in total. The summed E-state index contributed by atoms with van der Waals surface area (Å²) in [5, 5.41) is 13.3. The molecule has 1 amide bonds. The molecule has 0 spiro atoms. The normalized spacial score (nSPS) is 19.6. The number of carbonyl (C=O) groups excluding carboxylic acids is 1. The summed E-state index contributed by atoms with van der Waals surface area (Å²) in [7, 11) is 0. The molecule has 6 heteroatoms. The number of nitrogens with one attached hydrogen (secondary N) is 1. The van der Waals surface area contributed by atoms with Crippen molar-refractivity contribution in [3.05, 3.63) is 34.4 Å². The summed E-state index contributed by atoms with van der Waals surface area (Å²) in [5.41, 5.74) is 0.609. The third kappa shape index (κ3) is 3.77. The maximum Gasteiger partial charge on any atom is 0.269 e. The van der Waals surface area contributed by atoms with Crippen LogP contribution in [0.25, 0.3) is 0 Å². The van der Waals surface area contributed by atoms with Crippen molar-refractivity contribution in [1.82, 2.24) is 4.90 Å². The van der Waals surface area contributed by atoms with E-state index in [1.807, 2.05) is 0 Å². The first-order valence-electron chi connectivity index (χ1n) is 6.84. The van der Waals surface area contributed by atoms with Crippen molar-refractivity contribution in [1.29, 1.82) is 0 Å². The highest BCUT2D eigenvalue weighted by Crippen LogP contribution is 2.17. The maximum atomic E-state index is 12.0. The number of hydrogen-bond donors (Lipinski definition) is 1. The molecule has 1 heterocycles. The Hall–Kier alpha value is -1.95. The minimum absolute atomic E-state index is 0.0210. The highest BCUT2D eigenvalue weighted by Gasteiger charge is 2.20. The number of nitro benzene ring substituents is 1. The van der Waals surface area contributed by atoms with Gasteiger partial charge in [-0.1, -0.05) is 6.42 Å². The molecule has 0 aliphatic carbocycles. The van der Waals surface area contributed by atoms with Crippen molar-refractivity contribution in [3.63, 3.8) is 0 Å². The predicted octanol–water partition coefficient (Wildman–Crippen LogP) is 2.41. The van der Waals surface area contributed by atoms with Gasteiger partial charge in [0, 0.05) is 23.9 Å². The van der Waals surface area contributed by atoms with Gasteiger partial charge in [-0.25, -0.2) is 0 Å². The van der Waals surface area contributed by atoms with Gasteiger partial charge in [-0.15, -0.1) is 0 Å². The Labute approximate surface area is 117 Å². The lowest BCUT2D eigenvalue weighted by Crippen LogP contribution is -2.42. The second kappa shape index (κ2) is 6.47. The molecule has 2 rings (SSSR count). The van der Waals surface area contributed by atoms with Crippen LogP contribution in [0.4, 0.5) is 11.4 Å². The number of hydrogen-bond acceptors (Lipinski definition) is 4. The number of non-ortho nitro benzene ring substituents is 1. The quantitative estimate of drug-likeness (QED) is 0.677. The minimum atomic E-state index is -0.457. The number of rotatable bonds is 4. The Kier molecular flexibility index (Phi) is 4.68. The number of anilines is 1. The molecular formula is C14H19N3O3. The fourth-order valence-corrected chi connectivity index (χ4v) is 2.44. The van der Waals surface area contributed by atoms with E-state index in [-0.39, 0.29) is 11.6 Å². The third-order valence-corrected chi connectivity index (χ3v) is 3.65. The van der Waals surface area contributed by atoms with Gasteiger partial charge in [-0.05, 0) is 38.4 Å². The van der Waals surface area contributed by atoms with Gasteiger partial charge in [-0.3, -0.25) is 19.8 Å². The van der Waals surface area contributed by atoms with Crippen molar-refractivity contribution in [2.45, 2.75) is 32.2 Å². The number of carbonyl (C=O) groups is 1. The van der Waals surface area contributed by atoms with Crippen LogP contribution in [-0.2, 0) is 4.79 Å². The number of benzene rings is 1. The molecule has 1 aliphatic heterocycles. The topological polar surface area (TPSA) is 75.5 Å². The first-order chi connectivity index (χ1) is 9.56. The standard InChI is InChI=1S/C14H19N3O3/c1-11-4-2-3-9-16(11)10-14(18)15-12-5-7-13(8-6-12)17(19)20/h5-8,11H,2-4,9-10H2,1H3,(H,15,18)/t11-/m1/s1. The molecule has 20 heavy (non-hydrogen) atoms. The van der Waals surface area contributed by atoms with E-state index in [1.165, 1.54) is 18.6 Å². The van der Waals surface area contributed by atoms with E-state index in [0.29, 0.717) is 18.3 Å². The second-order valence-electron chi connectivity index (χ2n) is 5.17. The van der Waals surface area contributed by atoms with Crippen LogP contribution in [0, 0.1) is 10.1 Å². The maximum absolute atomic E-state index is 12.0. The van der Waals surface area contributed by atoms with E-state index in [0.717, 1.165) is 19.4 Å². The minimum Gasteiger partial charge on any atom is -0.325 e. The summed E-state index contributed by atoms with van der Waals surface area (Å²) in [4.78, 5) is 24.2. The molecule has 1 aliphatic rings. The first kappa shape index (κ1) is 14.5. The van der Waals surface area contributed by atoms with Crippen molar-refractivity contribution < 1.29 is 9.72 Å². The molecule has 0 unspecified atom stereocenters. The van der Waals surface area contributed by atoms with Crippen LogP contribution in [-0.4, -0.2) is 34.9 Å². The van der Waals surface area contributed by atoms with Crippen LogP contribution in [0.15, 0.2) is 24.3 Å². The summed E-state index contributed by atoms with van der Waals surface area (Å²) in [6.07, 6.45) is 3.49. The molecule has 0 saturated carbocycles. The molecule has 6 nitrogen and oxygen atoms in total. The molecule has 1 fully saturated rings. The monoisotopic (exact) mass is 277 g/mol. The average molecular weight is 277 g/mol. The smallest absolute Gasteiger partial charge is 0.269 e. The van der Waals surface area contributed by atoms with Crippen LogP contribution >= 0.6 is 0 Å². The zero-order chi connectivity index (χ0) is 14.5. The van der Waals surface area contributed by atoms with Crippen LogP contribution in [0.1, 0.15) is 26.2 Å².